The van der Waals surface area contributed by atoms with Gasteiger partial charge in [-0.25, -0.2) is 0 Å². The van der Waals surface area contributed by atoms with Gasteiger partial charge in [-0.2, -0.15) is 0 Å². The smallest absolute Gasteiger partial charge is 0.306 e. The van der Waals surface area contributed by atoms with Crippen molar-refractivity contribution in [1.82, 2.24) is 0 Å². The fraction of sp³-hybridized carbons (Fsp3) is 0.942. The number of ether oxygens (including phenoxy) is 3. The fourth-order valence-electron chi connectivity index (χ4n) is 7.92. The molecule has 0 N–H and O–H groups in total. The van der Waals surface area contributed by atoms with Gasteiger partial charge in [-0.1, -0.05) is 258 Å². The molecule has 1 atom stereocenters. The highest BCUT2D eigenvalue weighted by molar-refractivity contribution is 5.71. The van der Waals surface area contributed by atoms with E-state index in [1.807, 2.05) is 0 Å². The van der Waals surface area contributed by atoms with E-state index >= 15 is 0 Å². The molecule has 0 radical (unpaired) electrons. The molecule has 1 unspecified atom stereocenters. The Balaban J connectivity index is 4.04. The molecule has 0 aromatic carbocycles. The van der Waals surface area contributed by atoms with Crippen LogP contribution in [0.5, 0.6) is 0 Å². The molecule has 0 aliphatic heterocycles. The maximum absolute atomic E-state index is 12.7. The van der Waals surface area contributed by atoms with Crippen LogP contribution in [0.25, 0.3) is 0 Å². The number of rotatable bonds is 48. The van der Waals surface area contributed by atoms with Crippen molar-refractivity contribution in [2.45, 2.75) is 303 Å². The van der Waals surface area contributed by atoms with Gasteiger partial charge in [0.2, 0.25) is 0 Å². The van der Waals surface area contributed by atoms with Crippen LogP contribution >= 0.6 is 0 Å². The number of carbonyl (C=O) groups is 3. The second-order valence-electron chi connectivity index (χ2n) is 17.8. The van der Waals surface area contributed by atoms with Crippen LogP contribution in [0.15, 0.2) is 0 Å². The van der Waals surface area contributed by atoms with E-state index in [-0.39, 0.29) is 31.1 Å². The summed E-state index contributed by atoms with van der Waals surface area (Å²) in [4.78, 5) is 37.7. The maximum atomic E-state index is 12.7. The van der Waals surface area contributed by atoms with Gasteiger partial charge in [-0.3, -0.25) is 14.4 Å². The molecule has 0 aliphatic carbocycles. The average Bonchev–Trinajstić information content (AvgIpc) is 3.22. The van der Waals surface area contributed by atoms with E-state index in [0.717, 1.165) is 57.8 Å². The predicted octanol–water partition coefficient (Wildman–Crippen LogP) is 16.8. The predicted molar refractivity (Wildman–Crippen MR) is 247 cm³/mol. The average molecular weight is 821 g/mol. The van der Waals surface area contributed by atoms with Crippen molar-refractivity contribution in [3.05, 3.63) is 0 Å². The molecule has 58 heavy (non-hydrogen) atoms. The highest BCUT2D eigenvalue weighted by Crippen LogP contribution is 2.17. The van der Waals surface area contributed by atoms with Crippen molar-refractivity contribution in [1.29, 1.82) is 0 Å². The summed E-state index contributed by atoms with van der Waals surface area (Å²) in [5, 5.41) is 0. The summed E-state index contributed by atoms with van der Waals surface area (Å²) < 4.78 is 16.7. The Kier molecular flexibility index (Phi) is 46.8. The minimum absolute atomic E-state index is 0.0628. The van der Waals surface area contributed by atoms with Crippen LogP contribution in [0.1, 0.15) is 297 Å². The molecular weight excluding hydrogens is 721 g/mol. The lowest BCUT2D eigenvalue weighted by Gasteiger charge is -2.18. The first kappa shape index (κ1) is 56.4. The van der Waals surface area contributed by atoms with Crippen molar-refractivity contribution in [3.63, 3.8) is 0 Å². The zero-order valence-electron chi connectivity index (χ0n) is 39.3. The van der Waals surface area contributed by atoms with Crippen LogP contribution in [0.3, 0.4) is 0 Å². The van der Waals surface area contributed by atoms with E-state index in [1.165, 1.54) is 199 Å². The molecule has 0 heterocycles. The van der Waals surface area contributed by atoms with Crippen molar-refractivity contribution >= 4 is 17.9 Å². The third-order valence-electron chi connectivity index (χ3n) is 11.9. The Bertz CT molecular complexity index is 859. The number of unbranched alkanes of at least 4 members (excludes halogenated alkanes) is 37. The second-order valence-corrected chi connectivity index (χ2v) is 17.8. The highest BCUT2D eigenvalue weighted by atomic mass is 16.6. The molecule has 0 saturated carbocycles. The molecule has 0 aliphatic rings. The van der Waals surface area contributed by atoms with E-state index in [0.29, 0.717) is 19.3 Å². The molecule has 0 rings (SSSR count). The lowest BCUT2D eigenvalue weighted by molar-refractivity contribution is -0.167. The van der Waals surface area contributed by atoms with Gasteiger partial charge < -0.3 is 14.2 Å². The quantitative estimate of drug-likeness (QED) is 0.0346. The SMILES string of the molecule is CCCCCCCCCCCCCCCCCCCCCCCCCC(=O)OCC(COC(=O)CCCCCCCCCC)OC(=O)CCCCCCCCCCC. The summed E-state index contributed by atoms with van der Waals surface area (Å²) in [5.41, 5.74) is 0. The van der Waals surface area contributed by atoms with Crippen LogP contribution in [-0.2, 0) is 28.6 Å². The molecule has 0 spiro atoms. The third-order valence-corrected chi connectivity index (χ3v) is 11.9. The Hall–Kier alpha value is -1.59. The monoisotopic (exact) mass is 821 g/mol. The van der Waals surface area contributed by atoms with E-state index in [4.69, 9.17) is 14.2 Å². The van der Waals surface area contributed by atoms with E-state index in [2.05, 4.69) is 20.8 Å². The molecule has 0 bridgehead atoms. The topological polar surface area (TPSA) is 78.9 Å². The summed E-state index contributed by atoms with van der Waals surface area (Å²) in [6.45, 7) is 6.63. The summed E-state index contributed by atoms with van der Waals surface area (Å²) in [6, 6.07) is 0. The summed E-state index contributed by atoms with van der Waals surface area (Å²) in [7, 11) is 0. The molecule has 344 valence electrons. The van der Waals surface area contributed by atoms with Crippen molar-refractivity contribution < 1.29 is 28.6 Å². The zero-order chi connectivity index (χ0) is 42.3. The number of esters is 3. The third kappa shape index (κ3) is 45.5. The van der Waals surface area contributed by atoms with Gasteiger partial charge in [0.15, 0.2) is 6.10 Å². The number of hydrogen-bond donors (Lipinski definition) is 0. The summed E-state index contributed by atoms with van der Waals surface area (Å²) in [5.74, 6) is -0.853. The largest absolute Gasteiger partial charge is 0.462 e. The van der Waals surface area contributed by atoms with E-state index in [1.54, 1.807) is 0 Å². The first-order valence-corrected chi connectivity index (χ1v) is 26.0. The lowest BCUT2D eigenvalue weighted by atomic mass is 10.0. The normalized spacial score (nSPS) is 11.8. The van der Waals surface area contributed by atoms with Gasteiger partial charge >= 0.3 is 17.9 Å². The van der Waals surface area contributed by atoms with Gasteiger partial charge in [0, 0.05) is 19.3 Å². The Morgan fingerprint density at radius 1 is 0.276 bits per heavy atom. The van der Waals surface area contributed by atoms with E-state index in [9.17, 15) is 14.4 Å². The van der Waals surface area contributed by atoms with Crippen LogP contribution in [0.2, 0.25) is 0 Å². The summed E-state index contributed by atoms with van der Waals surface area (Å²) in [6.07, 6.45) is 51.2. The molecule has 6 heteroatoms. The Labute approximate surface area is 361 Å². The minimum Gasteiger partial charge on any atom is -0.462 e. The van der Waals surface area contributed by atoms with Crippen molar-refractivity contribution in [2.75, 3.05) is 13.2 Å². The van der Waals surface area contributed by atoms with Crippen molar-refractivity contribution in [2.24, 2.45) is 0 Å². The highest BCUT2D eigenvalue weighted by Gasteiger charge is 2.19. The van der Waals surface area contributed by atoms with Crippen LogP contribution in [0.4, 0.5) is 0 Å². The lowest BCUT2D eigenvalue weighted by Crippen LogP contribution is -2.30. The zero-order valence-corrected chi connectivity index (χ0v) is 39.3. The Morgan fingerprint density at radius 2 is 0.466 bits per heavy atom. The van der Waals surface area contributed by atoms with E-state index < -0.39 is 6.10 Å². The molecule has 0 fully saturated rings. The maximum Gasteiger partial charge on any atom is 0.306 e. The fourth-order valence-corrected chi connectivity index (χ4v) is 7.92. The summed E-state index contributed by atoms with van der Waals surface area (Å²) >= 11 is 0. The molecule has 0 aromatic rings. The molecule has 0 amide bonds. The van der Waals surface area contributed by atoms with Crippen molar-refractivity contribution in [3.8, 4) is 0 Å². The van der Waals surface area contributed by atoms with Gasteiger partial charge in [0.05, 0.1) is 0 Å². The standard InChI is InChI=1S/C52H100O6/c1-4-7-10-13-16-19-20-21-22-23-24-25-26-27-28-29-30-31-32-34-36-39-42-45-51(54)57-48-49(47-56-50(53)44-41-38-35-18-15-12-9-6-3)58-52(55)46-43-40-37-33-17-14-11-8-5-2/h49H,4-48H2,1-3H3. The number of carbonyl (C=O) groups excluding carboxylic acids is 3. The van der Waals surface area contributed by atoms with Crippen LogP contribution in [-0.4, -0.2) is 37.2 Å². The van der Waals surface area contributed by atoms with Gasteiger partial charge in [-0.15, -0.1) is 0 Å². The van der Waals surface area contributed by atoms with Gasteiger partial charge in [-0.05, 0) is 19.3 Å². The van der Waals surface area contributed by atoms with Gasteiger partial charge in [0.25, 0.3) is 0 Å². The Morgan fingerprint density at radius 3 is 0.690 bits per heavy atom. The van der Waals surface area contributed by atoms with Gasteiger partial charge in [0.1, 0.15) is 13.2 Å². The first-order chi connectivity index (χ1) is 28.5. The van der Waals surface area contributed by atoms with Crippen LogP contribution < -0.4 is 0 Å². The molecular formula is C52H100O6. The molecule has 0 aromatic heterocycles. The van der Waals surface area contributed by atoms with Crippen LogP contribution in [0, 0.1) is 0 Å². The number of hydrogen-bond acceptors (Lipinski definition) is 6. The molecule has 6 nitrogen and oxygen atoms in total. The molecule has 0 saturated heterocycles. The second kappa shape index (κ2) is 48.1. The first-order valence-electron chi connectivity index (χ1n) is 26.0. The minimum atomic E-state index is -0.757.